The molecular weight excluding hydrogens is 162 g/mol. The molecule has 3 saturated heterocycles. The monoisotopic (exact) mass is 175 g/mol. The summed E-state index contributed by atoms with van der Waals surface area (Å²) in [5.41, 5.74) is 0. The third-order valence-electron chi connectivity index (χ3n) is 2.83. The number of hydrogen-bond donors (Lipinski definition) is 0. The van der Waals surface area contributed by atoms with E-state index in [-0.39, 0.29) is 12.4 Å². The first-order valence-corrected chi connectivity index (χ1v) is 4.04. The Bertz CT molecular complexity index is 171. The van der Waals surface area contributed by atoms with Gasteiger partial charge in [0.1, 0.15) is 5.78 Å². The first-order valence-electron chi connectivity index (χ1n) is 4.04. The number of nitrogens with zero attached hydrogens (tertiary/aromatic N) is 1. The van der Waals surface area contributed by atoms with Crippen LogP contribution in [0.15, 0.2) is 0 Å². The zero-order chi connectivity index (χ0) is 7.14. The molecule has 0 spiro atoms. The Morgan fingerprint density at radius 2 is 2.27 bits per heavy atom. The van der Waals surface area contributed by atoms with Crippen molar-refractivity contribution in [3.63, 3.8) is 0 Å². The number of ketones is 1. The van der Waals surface area contributed by atoms with Gasteiger partial charge in [0.05, 0.1) is 6.54 Å². The van der Waals surface area contributed by atoms with Crippen molar-refractivity contribution in [2.24, 2.45) is 5.92 Å². The molecule has 0 saturated carbocycles. The quantitative estimate of drug-likeness (QED) is 0.550. The van der Waals surface area contributed by atoms with Crippen molar-refractivity contribution in [3.8, 4) is 0 Å². The fourth-order valence-corrected chi connectivity index (χ4v) is 2.08. The number of piperidine rings is 3. The number of hydrogen-bond acceptors (Lipinski definition) is 2. The Balaban J connectivity index is 0.000000605. The highest BCUT2D eigenvalue weighted by atomic mass is 35.5. The average Bonchev–Trinajstić information content (AvgIpc) is 1.91. The van der Waals surface area contributed by atoms with E-state index in [1.54, 1.807) is 0 Å². The predicted molar refractivity (Wildman–Crippen MR) is 46.0 cm³/mol. The van der Waals surface area contributed by atoms with Gasteiger partial charge in [-0.1, -0.05) is 0 Å². The molecule has 3 atom stereocenters. The van der Waals surface area contributed by atoms with Crippen LogP contribution in [0.25, 0.3) is 0 Å². The highest BCUT2D eigenvalue weighted by Gasteiger charge is 2.36. The smallest absolute Gasteiger partial charge is 0.150 e. The van der Waals surface area contributed by atoms with Gasteiger partial charge < -0.3 is 0 Å². The SMILES string of the molecule is C[C@@H]1C[C@@H]2CCN1CC2=O.Cl. The first-order chi connectivity index (χ1) is 4.77. The molecule has 11 heavy (non-hydrogen) atoms. The molecule has 3 rings (SSSR count). The van der Waals surface area contributed by atoms with Crippen molar-refractivity contribution in [2.75, 3.05) is 13.1 Å². The van der Waals surface area contributed by atoms with Gasteiger partial charge >= 0.3 is 0 Å². The van der Waals surface area contributed by atoms with Crippen LogP contribution in [0, 0.1) is 5.92 Å². The fraction of sp³-hybridized carbons (Fsp3) is 0.875. The summed E-state index contributed by atoms with van der Waals surface area (Å²) >= 11 is 0. The molecule has 3 aliphatic rings. The van der Waals surface area contributed by atoms with Crippen molar-refractivity contribution in [3.05, 3.63) is 0 Å². The van der Waals surface area contributed by atoms with Crippen LogP contribution in [0.5, 0.6) is 0 Å². The van der Waals surface area contributed by atoms with Gasteiger partial charge in [0.25, 0.3) is 0 Å². The third-order valence-corrected chi connectivity index (χ3v) is 2.83. The number of carbonyl (C=O) groups is 1. The van der Waals surface area contributed by atoms with Crippen molar-refractivity contribution >= 4 is 18.2 Å². The predicted octanol–water partition coefficient (Wildman–Crippen LogP) is 1.09. The van der Waals surface area contributed by atoms with Gasteiger partial charge in [0.15, 0.2) is 0 Å². The van der Waals surface area contributed by atoms with E-state index in [0.717, 1.165) is 25.9 Å². The molecule has 0 amide bonds. The van der Waals surface area contributed by atoms with Crippen LogP contribution in [0.3, 0.4) is 0 Å². The molecule has 3 fully saturated rings. The van der Waals surface area contributed by atoms with Crippen LogP contribution < -0.4 is 0 Å². The van der Waals surface area contributed by atoms with Crippen molar-refractivity contribution in [1.82, 2.24) is 4.90 Å². The lowest BCUT2D eigenvalue weighted by atomic mass is 9.83. The summed E-state index contributed by atoms with van der Waals surface area (Å²) in [5.74, 6) is 0.893. The summed E-state index contributed by atoms with van der Waals surface area (Å²) in [7, 11) is 0. The highest BCUT2D eigenvalue weighted by molar-refractivity contribution is 5.85. The Labute approximate surface area is 73.4 Å². The normalized spacial score (nSPS) is 41.9. The molecule has 0 aromatic rings. The van der Waals surface area contributed by atoms with Crippen LogP contribution in [0.1, 0.15) is 19.8 Å². The van der Waals surface area contributed by atoms with Crippen LogP contribution in [-0.4, -0.2) is 29.8 Å². The molecule has 2 bridgehead atoms. The molecular formula is C8H14ClNO. The maximum absolute atomic E-state index is 11.2. The molecule has 3 heterocycles. The number of carbonyl (C=O) groups excluding carboxylic acids is 1. The van der Waals surface area contributed by atoms with Crippen molar-refractivity contribution < 1.29 is 4.79 Å². The van der Waals surface area contributed by atoms with Gasteiger partial charge in [-0.2, -0.15) is 0 Å². The van der Waals surface area contributed by atoms with Gasteiger partial charge in [-0.25, -0.2) is 0 Å². The Morgan fingerprint density at radius 1 is 1.55 bits per heavy atom. The van der Waals surface area contributed by atoms with Crippen LogP contribution in [-0.2, 0) is 4.79 Å². The van der Waals surface area contributed by atoms with E-state index in [1.165, 1.54) is 0 Å². The largest absolute Gasteiger partial charge is 0.298 e. The summed E-state index contributed by atoms with van der Waals surface area (Å²) < 4.78 is 0. The van der Waals surface area contributed by atoms with E-state index in [4.69, 9.17) is 0 Å². The van der Waals surface area contributed by atoms with Gasteiger partial charge in [0.2, 0.25) is 0 Å². The van der Waals surface area contributed by atoms with Gasteiger partial charge in [-0.05, 0) is 26.3 Å². The summed E-state index contributed by atoms with van der Waals surface area (Å²) in [5, 5.41) is 0. The second-order valence-electron chi connectivity index (χ2n) is 3.51. The van der Waals surface area contributed by atoms with Crippen LogP contribution >= 0.6 is 12.4 Å². The van der Waals surface area contributed by atoms with Crippen LogP contribution in [0.2, 0.25) is 0 Å². The standard InChI is InChI=1S/C8H13NO.ClH/c1-6-4-7-2-3-9(6)5-8(7)10;/h6-7H,2-5H2,1H3;1H/t6-,7+;/m1./s1. The number of halogens is 1. The van der Waals surface area contributed by atoms with Gasteiger partial charge in [-0.3, -0.25) is 9.69 Å². The van der Waals surface area contributed by atoms with Crippen LogP contribution in [0.4, 0.5) is 0 Å². The Kier molecular flexibility index (Phi) is 2.55. The second kappa shape index (κ2) is 3.11. The summed E-state index contributed by atoms with van der Waals surface area (Å²) in [4.78, 5) is 13.5. The molecule has 0 N–H and O–H groups in total. The minimum Gasteiger partial charge on any atom is -0.298 e. The Hall–Kier alpha value is -0.0800. The molecule has 3 heteroatoms. The Morgan fingerprint density at radius 3 is 2.55 bits per heavy atom. The van der Waals surface area contributed by atoms with E-state index in [9.17, 15) is 4.79 Å². The topological polar surface area (TPSA) is 20.3 Å². The van der Waals surface area contributed by atoms with E-state index >= 15 is 0 Å². The van der Waals surface area contributed by atoms with E-state index in [1.807, 2.05) is 0 Å². The molecule has 0 aromatic carbocycles. The lowest BCUT2D eigenvalue weighted by Crippen LogP contribution is -2.52. The fourth-order valence-electron chi connectivity index (χ4n) is 2.08. The molecule has 3 aliphatic heterocycles. The minimum absolute atomic E-state index is 0. The lowest BCUT2D eigenvalue weighted by molar-refractivity contribution is -0.132. The average molecular weight is 176 g/mol. The zero-order valence-corrected chi connectivity index (χ0v) is 7.56. The van der Waals surface area contributed by atoms with E-state index in [0.29, 0.717) is 17.7 Å². The number of Topliss-reactive ketones (excluding diaryl/α,β-unsaturated/α-hetero) is 1. The second-order valence-corrected chi connectivity index (χ2v) is 3.51. The molecule has 0 radical (unpaired) electrons. The number of fused-ring (bicyclic) bond motifs is 3. The van der Waals surface area contributed by atoms with E-state index in [2.05, 4.69) is 11.8 Å². The minimum atomic E-state index is 0. The zero-order valence-electron chi connectivity index (χ0n) is 6.75. The van der Waals surface area contributed by atoms with Gasteiger partial charge in [-0.15, -0.1) is 12.4 Å². The number of rotatable bonds is 0. The summed E-state index contributed by atoms with van der Waals surface area (Å²) in [6.45, 7) is 4.10. The van der Waals surface area contributed by atoms with E-state index < -0.39 is 0 Å². The lowest BCUT2D eigenvalue weighted by Gasteiger charge is -2.42. The van der Waals surface area contributed by atoms with Crippen molar-refractivity contribution in [2.45, 2.75) is 25.8 Å². The molecule has 64 valence electrons. The summed E-state index contributed by atoms with van der Waals surface area (Å²) in [6.07, 6.45) is 2.22. The highest BCUT2D eigenvalue weighted by Crippen LogP contribution is 2.28. The molecule has 2 nitrogen and oxygen atoms in total. The molecule has 0 aliphatic carbocycles. The molecule has 0 aromatic heterocycles. The summed E-state index contributed by atoms with van der Waals surface area (Å²) in [6, 6.07) is 0.663. The maximum atomic E-state index is 11.2. The maximum Gasteiger partial charge on any atom is 0.150 e. The third kappa shape index (κ3) is 1.42. The molecule has 1 unspecified atom stereocenters. The first kappa shape index (κ1) is 9.01. The van der Waals surface area contributed by atoms with Gasteiger partial charge in [0, 0.05) is 12.0 Å². The van der Waals surface area contributed by atoms with Crippen molar-refractivity contribution in [1.29, 1.82) is 0 Å².